The molecule has 2 aromatic heterocycles. The number of hydrogen-bond acceptors (Lipinski definition) is 7. The molecule has 3 atom stereocenters. The van der Waals surface area contributed by atoms with Gasteiger partial charge in [-0.15, -0.1) is 11.3 Å². The van der Waals surface area contributed by atoms with E-state index in [2.05, 4.69) is 11.1 Å². The molecule has 5 rings (SSSR count). The first-order valence-electron chi connectivity index (χ1n) is 14.5. The predicted octanol–water partition coefficient (Wildman–Crippen LogP) is 7.08. The minimum absolute atomic E-state index is 0.223. The topological polar surface area (TPSA) is 145 Å². The van der Waals surface area contributed by atoms with Gasteiger partial charge in [-0.3, -0.25) is 14.4 Å². The van der Waals surface area contributed by atoms with Gasteiger partial charge in [-0.05, 0) is 66.8 Å². The number of para-hydroxylation sites is 2. The van der Waals surface area contributed by atoms with E-state index in [1.165, 1.54) is 0 Å². The van der Waals surface area contributed by atoms with Crippen molar-refractivity contribution in [3.8, 4) is 6.07 Å². The standard InChI is InChI=1S/C35H31N3O6S/c1-22(28(24-15-13-23(20-36)14-16-24)8-6-12-32-37-29-9-3-4-10-30(29)44-32)38(33(39)18-26(35(42)43)19-34(40)41)21-27-17-25-7-2-5-11-31(25)45-27/h2-7,9-17,22,26,28H,8,18-19,21H2,1H3,(H,40,41)(H,42,43)/b12-6+/t22?,26-,28?/m1/s1. The van der Waals surface area contributed by atoms with Gasteiger partial charge in [0.2, 0.25) is 11.8 Å². The first-order chi connectivity index (χ1) is 21.7. The Labute approximate surface area is 263 Å². The highest BCUT2D eigenvalue weighted by Crippen LogP contribution is 2.33. The summed E-state index contributed by atoms with van der Waals surface area (Å²) in [5.74, 6) is -4.24. The Morgan fingerprint density at radius 3 is 2.44 bits per heavy atom. The number of benzene rings is 3. The highest BCUT2D eigenvalue weighted by atomic mass is 32.1. The van der Waals surface area contributed by atoms with Crippen LogP contribution in [0, 0.1) is 17.2 Å². The third-order valence-corrected chi connectivity index (χ3v) is 8.92. The number of oxazole rings is 1. The van der Waals surface area contributed by atoms with Crippen LogP contribution in [0.15, 0.2) is 89.4 Å². The SMILES string of the molecule is CC(C(C/C=C/c1nc2ccccc2o1)c1ccc(C#N)cc1)N(Cc1cc2ccccc2s1)C(=O)C[C@H](CC(=O)O)C(=O)O. The molecule has 9 nitrogen and oxygen atoms in total. The monoisotopic (exact) mass is 621 g/mol. The molecule has 0 spiro atoms. The Balaban J connectivity index is 1.49. The number of hydrogen-bond donors (Lipinski definition) is 2. The molecule has 10 heteroatoms. The second kappa shape index (κ2) is 14.0. The van der Waals surface area contributed by atoms with Crippen molar-refractivity contribution in [1.82, 2.24) is 9.88 Å². The number of amides is 1. The second-order valence-corrected chi connectivity index (χ2v) is 12.0. The molecule has 45 heavy (non-hydrogen) atoms. The van der Waals surface area contributed by atoms with Gasteiger partial charge in [0.15, 0.2) is 5.58 Å². The predicted molar refractivity (Wildman–Crippen MR) is 171 cm³/mol. The van der Waals surface area contributed by atoms with Crippen LogP contribution in [0.25, 0.3) is 27.3 Å². The molecule has 0 bridgehead atoms. The summed E-state index contributed by atoms with van der Waals surface area (Å²) in [6.07, 6.45) is 3.08. The van der Waals surface area contributed by atoms with Crippen molar-refractivity contribution < 1.29 is 29.0 Å². The molecule has 2 unspecified atom stereocenters. The van der Waals surface area contributed by atoms with E-state index < -0.39 is 42.6 Å². The smallest absolute Gasteiger partial charge is 0.307 e. The molecule has 0 aliphatic rings. The molecule has 5 aromatic rings. The van der Waals surface area contributed by atoms with Crippen LogP contribution in [0.4, 0.5) is 0 Å². The number of carboxylic acids is 2. The zero-order chi connectivity index (χ0) is 31.9. The van der Waals surface area contributed by atoms with Gasteiger partial charge < -0.3 is 19.5 Å². The number of aromatic nitrogens is 1. The molecule has 0 saturated carbocycles. The van der Waals surface area contributed by atoms with Crippen LogP contribution in [0.1, 0.15) is 54.0 Å². The summed E-state index contributed by atoms with van der Waals surface area (Å²) in [7, 11) is 0. The average molecular weight is 622 g/mol. The minimum Gasteiger partial charge on any atom is -0.481 e. The Morgan fingerprint density at radius 2 is 1.76 bits per heavy atom. The lowest BCUT2D eigenvalue weighted by atomic mass is 9.87. The van der Waals surface area contributed by atoms with E-state index in [0.717, 1.165) is 26.0 Å². The van der Waals surface area contributed by atoms with Gasteiger partial charge in [0.25, 0.3) is 0 Å². The highest BCUT2D eigenvalue weighted by Gasteiger charge is 2.32. The Kier molecular flexibility index (Phi) is 9.70. The van der Waals surface area contributed by atoms with Crippen molar-refractivity contribution in [1.29, 1.82) is 5.26 Å². The highest BCUT2D eigenvalue weighted by molar-refractivity contribution is 7.19. The lowest BCUT2D eigenvalue weighted by Crippen LogP contribution is -2.42. The Bertz CT molecular complexity index is 1840. The fraction of sp³-hybridized carbons (Fsp3) is 0.229. The van der Waals surface area contributed by atoms with Gasteiger partial charge in [-0.25, -0.2) is 4.98 Å². The Hall–Kier alpha value is -5.27. The van der Waals surface area contributed by atoms with E-state index in [0.29, 0.717) is 23.5 Å². The van der Waals surface area contributed by atoms with Gasteiger partial charge >= 0.3 is 11.9 Å². The second-order valence-electron chi connectivity index (χ2n) is 10.8. The van der Waals surface area contributed by atoms with Crippen molar-refractivity contribution >= 4 is 56.4 Å². The molecule has 3 aromatic carbocycles. The third-order valence-electron chi connectivity index (χ3n) is 7.82. The van der Waals surface area contributed by atoms with Gasteiger partial charge in [-0.2, -0.15) is 5.26 Å². The number of carbonyl (C=O) groups excluding carboxylic acids is 1. The number of thiophene rings is 1. The fourth-order valence-corrected chi connectivity index (χ4v) is 6.50. The number of aliphatic carboxylic acids is 2. The summed E-state index contributed by atoms with van der Waals surface area (Å²) >= 11 is 1.55. The molecule has 228 valence electrons. The maximum atomic E-state index is 13.9. The molecule has 2 N–H and O–H groups in total. The summed E-state index contributed by atoms with van der Waals surface area (Å²) in [5.41, 5.74) is 2.80. The lowest BCUT2D eigenvalue weighted by molar-refractivity contribution is -0.151. The van der Waals surface area contributed by atoms with Gasteiger partial charge in [0.1, 0.15) is 5.52 Å². The fourth-order valence-electron chi connectivity index (χ4n) is 5.44. The number of rotatable bonds is 13. The maximum Gasteiger partial charge on any atom is 0.307 e. The Morgan fingerprint density at radius 1 is 1.02 bits per heavy atom. The zero-order valence-corrected chi connectivity index (χ0v) is 25.3. The van der Waals surface area contributed by atoms with Gasteiger partial charge in [-0.1, -0.05) is 48.5 Å². The molecule has 0 radical (unpaired) electrons. The first kappa shape index (κ1) is 31.2. The van der Waals surface area contributed by atoms with E-state index in [9.17, 15) is 29.9 Å². The van der Waals surface area contributed by atoms with E-state index in [4.69, 9.17) is 4.42 Å². The van der Waals surface area contributed by atoms with Gasteiger partial charge in [0, 0.05) is 28.0 Å². The summed E-state index contributed by atoms with van der Waals surface area (Å²) in [4.78, 5) is 44.3. The quantitative estimate of drug-likeness (QED) is 0.142. The van der Waals surface area contributed by atoms with Crippen LogP contribution < -0.4 is 0 Å². The first-order valence-corrected chi connectivity index (χ1v) is 15.3. The lowest BCUT2D eigenvalue weighted by Gasteiger charge is -2.35. The molecule has 1 amide bonds. The molecule has 2 heterocycles. The van der Waals surface area contributed by atoms with Crippen LogP contribution in [-0.2, 0) is 20.9 Å². The van der Waals surface area contributed by atoms with Crippen LogP contribution >= 0.6 is 11.3 Å². The van der Waals surface area contributed by atoms with Crippen LogP contribution in [0.3, 0.4) is 0 Å². The molecule has 0 fully saturated rings. The third kappa shape index (κ3) is 7.63. The number of carbonyl (C=O) groups is 3. The number of allylic oxidation sites excluding steroid dienone is 1. The van der Waals surface area contributed by atoms with Crippen molar-refractivity contribution in [2.45, 2.75) is 44.7 Å². The van der Waals surface area contributed by atoms with E-state index >= 15 is 0 Å². The zero-order valence-electron chi connectivity index (χ0n) is 24.5. The van der Waals surface area contributed by atoms with Crippen molar-refractivity contribution in [2.24, 2.45) is 5.92 Å². The number of nitrogens with zero attached hydrogens (tertiary/aromatic N) is 3. The maximum absolute atomic E-state index is 13.9. The van der Waals surface area contributed by atoms with Crippen molar-refractivity contribution in [3.63, 3.8) is 0 Å². The molecule has 0 aliphatic heterocycles. The molecule has 0 aliphatic carbocycles. The van der Waals surface area contributed by atoms with Crippen molar-refractivity contribution in [3.05, 3.63) is 107 Å². The summed E-state index contributed by atoms with van der Waals surface area (Å²) < 4.78 is 6.90. The van der Waals surface area contributed by atoms with Gasteiger partial charge in [0.05, 0.1) is 30.5 Å². The van der Waals surface area contributed by atoms with Crippen molar-refractivity contribution in [2.75, 3.05) is 0 Å². The number of nitriles is 1. The minimum atomic E-state index is -1.36. The van der Waals surface area contributed by atoms with Crippen LogP contribution in [-0.4, -0.2) is 44.0 Å². The molecular weight excluding hydrogens is 590 g/mol. The van der Waals surface area contributed by atoms with E-state index in [-0.39, 0.29) is 12.5 Å². The summed E-state index contributed by atoms with van der Waals surface area (Å²) in [6, 6.07) is 26.2. The van der Waals surface area contributed by atoms with E-state index in [1.807, 2.05) is 79.7 Å². The summed E-state index contributed by atoms with van der Waals surface area (Å²) in [6.45, 7) is 2.13. The average Bonchev–Trinajstić information content (AvgIpc) is 3.64. The largest absolute Gasteiger partial charge is 0.481 e. The normalized spacial score (nSPS) is 13.4. The molecular formula is C35H31N3O6S. The molecule has 0 saturated heterocycles. The van der Waals surface area contributed by atoms with E-state index in [1.54, 1.807) is 34.4 Å². The summed E-state index contributed by atoms with van der Waals surface area (Å²) in [5, 5.41) is 29.4. The van der Waals surface area contributed by atoms with Crippen LogP contribution in [0.2, 0.25) is 0 Å². The van der Waals surface area contributed by atoms with Crippen LogP contribution in [0.5, 0.6) is 0 Å². The number of fused-ring (bicyclic) bond motifs is 2. The number of carboxylic acid groups (broad SMARTS) is 2.